The lowest BCUT2D eigenvalue weighted by Gasteiger charge is -2.34. The molecule has 14 rings (SSSR count). The Bertz CT molecular complexity index is 4090. The second-order valence-corrected chi connectivity index (χ2v) is 18.4. The molecule has 2 aromatic heterocycles. The van der Waals surface area contributed by atoms with Crippen molar-refractivity contribution in [1.29, 1.82) is 0 Å². The molecule has 70 heavy (non-hydrogen) atoms. The molecule has 0 bridgehead atoms. The third-order valence-corrected chi connectivity index (χ3v) is 14.5. The van der Waals surface area contributed by atoms with Crippen molar-refractivity contribution in [2.24, 2.45) is 0 Å². The lowest BCUT2D eigenvalue weighted by atomic mass is 9.68. The van der Waals surface area contributed by atoms with Crippen molar-refractivity contribution >= 4 is 60.9 Å². The van der Waals surface area contributed by atoms with Gasteiger partial charge in [0.05, 0.1) is 11.1 Å². The smallest absolute Gasteiger partial charge is 0.135 e. The molecular formula is C67H43NO2. The number of hydrogen-bond donors (Lipinski definition) is 0. The predicted octanol–water partition coefficient (Wildman–Crippen LogP) is 18.3. The number of hydrogen-bond acceptors (Lipinski definition) is 3. The predicted molar refractivity (Wildman–Crippen MR) is 289 cm³/mol. The maximum atomic E-state index is 6.26. The summed E-state index contributed by atoms with van der Waals surface area (Å²) in [4.78, 5) is 2.46. The Morgan fingerprint density at radius 2 is 0.757 bits per heavy atom. The van der Waals surface area contributed by atoms with E-state index in [4.69, 9.17) is 8.83 Å². The van der Waals surface area contributed by atoms with Crippen LogP contribution in [0, 0.1) is 0 Å². The first-order valence-corrected chi connectivity index (χ1v) is 24.0. The van der Waals surface area contributed by atoms with Gasteiger partial charge in [0.2, 0.25) is 0 Å². The Morgan fingerprint density at radius 1 is 0.286 bits per heavy atom. The van der Waals surface area contributed by atoms with E-state index in [1.807, 2.05) is 24.3 Å². The van der Waals surface area contributed by atoms with Crippen LogP contribution in [0.1, 0.15) is 22.3 Å². The van der Waals surface area contributed by atoms with Gasteiger partial charge in [-0.15, -0.1) is 0 Å². The highest BCUT2D eigenvalue weighted by Gasteiger charge is 2.47. The zero-order valence-electron chi connectivity index (χ0n) is 38.1. The zero-order valence-corrected chi connectivity index (χ0v) is 38.1. The van der Waals surface area contributed by atoms with Gasteiger partial charge < -0.3 is 13.7 Å². The molecule has 3 nitrogen and oxygen atoms in total. The molecular weight excluding hydrogens is 851 g/mol. The van der Waals surface area contributed by atoms with Gasteiger partial charge in [0.15, 0.2) is 0 Å². The summed E-state index contributed by atoms with van der Waals surface area (Å²) in [5, 5.41) is 4.49. The standard InChI is InChI=1S/C67H43NO2/c1-3-19-50(20-4-1)67(51-21-5-2-6-22-51)59-27-10-7-26-56(59)66-60(67)28-15-29-61(66)68(53-23-14-18-47(41-53)49-35-39-65-58(43-49)55-25-9-12-31-63(55)70-65)52-36-32-44(33-37-52)45-16-13-17-46(40-45)48-34-38-64-57(42-48)54-24-8-11-30-62(54)69-64/h1-43H. The van der Waals surface area contributed by atoms with Crippen LogP contribution < -0.4 is 4.90 Å². The molecule has 13 aromatic rings. The van der Waals surface area contributed by atoms with Crippen molar-refractivity contribution in [3.63, 3.8) is 0 Å². The molecule has 3 heteroatoms. The Kier molecular flexibility index (Phi) is 9.11. The van der Waals surface area contributed by atoms with Crippen molar-refractivity contribution in [3.05, 3.63) is 283 Å². The fourth-order valence-electron chi connectivity index (χ4n) is 11.4. The SMILES string of the molecule is c1ccc(C2(c3ccccc3)c3ccccc3-c3c(N(c4ccc(-c5cccc(-c6ccc7oc8ccccc8c7c6)c5)cc4)c4cccc(-c5ccc6oc7ccccc7c6c5)c4)cccc32)cc1. The molecule has 1 aliphatic rings. The van der Waals surface area contributed by atoms with Crippen molar-refractivity contribution < 1.29 is 8.83 Å². The quantitative estimate of drug-likeness (QED) is 0.152. The fourth-order valence-corrected chi connectivity index (χ4v) is 11.4. The summed E-state index contributed by atoms with van der Waals surface area (Å²) < 4.78 is 12.4. The molecule has 0 atom stereocenters. The molecule has 0 aliphatic heterocycles. The molecule has 11 aromatic carbocycles. The zero-order chi connectivity index (χ0) is 46.2. The molecule has 0 saturated carbocycles. The lowest BCUT2D eigenvalue weighted by molar-refractivity contribution is 0.668. The van der Waals surface area contributed by atoms with Crippen molar-refractivity contribution in [2.75, 3.05) is 4.90 Å². The minimum Gasteiger partial charge on any atom is -0.456 e. The van der Waals surface area contributed by atoms with E-state index in [-0.39, 0.29) is 0 Å². The molecule has 0 N–H and O–H groups in total. The van der Waals surface area contributed by atoms with Gasteiger partial charge in [0.25, 0.3) is 0 Å². The molecule has 1 aliphatic carbocycles. The number of furan rings is 2. The summed E-state index contributed by atoms with van der Waals surface area (Å²) >= 11 is 0. The minimum absolute atomic E-state index is 0.537. The van der Waals surface area contributed by atoms with Gasteiger partial charge in [0.1, 0.15) is 22.3 Å². The average Bonchev–Trinajstić information content (AvgIpc) is 4.10. The number of anilines is 3. The molecule has 0 amide bonds. The normalized spacial score (nSPS) is 12.7. The first-order chi connectivity index (χ1) is 34.7. The van der Waals surface area contributed by atoms with Crippen LogP contribution in [0.3, 0.4) is 0 Å². The van der Waals surface area contributed by atoms with Crippen LogP contribution in [0.15, 0.2) is 270 Å². The van der Waals surface area contributed by atoms with E-state index in [0.29, 0.717) is 0 Å². The first kappa shape index (κ1) is 39.9. The number of fused-ring (bicyclic) bond motifs is 9. The van der Waals surface area contributed by atoms with Crippen LogP contribution in [-0.4, -0.2) is 0 Å². The van der Waals surface area contributed by atoms with Crippen molar-refractivity contribution in [3.8, 4) is 44.5 Å². The molecule has 0 unspecified atom stereocenters. The van der Waals surface area contributed by atoms with Gasteiger partial charge in [-0.05, 0) is 134 Å². The second kappa shape index (κ2) is 16.0. The number of nitrogens with zero attached hydrogens (tertiary/aromatic N) is 1. The fraction of sp³-hybridized carbons (Fsp3) is 0.0149. The number of rotatable bonds is 8. The van der Waals surface area contributed by atoms with E-state index in [2.05, 4.69) is 241 Å². The van der Waals surface area contributed by atoms with Crippen molar-refractivity contribution in [1.82, 2.24) is 0 Å². The summed E-state index contributed by atoms with van der Waals surface area (Å²) in [6.07, 6.45) is 0. The summed E-state index contributed by atoms with van der Waals surface area (Å²) in [5.41, 5.74) is 20.6. The van der Waals surface area contributed by atoms with Crippen molar-refractivity contribution in [2.45, 2.75) is 5.41 Å². The first-order valence-electron chi connectivity index (χ1n) is 24.0. The van der Waals surface area contributed by atoms with E-state index < -0.39 is 5.41 Å². The highest BCUT2D eigenvalue weighted by atomic mass is 16.3. The van der Waals surface area contributed by atoms with Gasteiger partial charge in [0, 0.05) is 38.5 Å². The van der Waals surface area contributed by atoms with Crippen LogP contribution >= 0.6 is 0 Å². The van der Waals surface area contributed by atoms with Crippen LogP contribution in [0.25, 0.3) is 88.4 Å². The highest BCUT2D eigenvalue weighted by Crippen LogP contribution is 2.59. The topological polar surface area (TPSA) is 29.5 Å². The number of para-hydroxylation sites is 2. The Labute approximate surface area is 405 Å². The average molecular weight is 894 g/mol. The molecule has 0 saturated heterocycles. The maximum Gasteiger partial charge on any atom is 0.135 e. The summed E-state index contributed by atoms with van der Waals surface area (Å²) in [7, 11) is 0. The Morgan fingerprint density at radius 3 is 1.40 bits per heavy atom. The maximum absolute atomic E-state index is 6.26. The molecule has 0 radical (unpaired) electrons. The Hall–Kier alpha value is -9.18. The van der Waals surface area contributed by atoms with Gasteiger partial charge in [-0.3, -0.25) is 0 Å². The molecule has 0 spiro atoms. The van der Waals surface area contributed by atoms with E-state index in [1.54, 1.807) is 0 Å². The largest absolute Gasteiger partial charge is 0.456 e. The monoisotopic (exact) mass is 893 g/mol. The van der Waals surface area contributed by atoms with E-state index in [0.717, 1.165) is 94.3 Å². The molecule has 2 heterocycles. The highest BCUT2D eigenvalue weighted by molar-refractivity contribution is 6.07. The van der Waals surface area contributed by atoms with Crippen LogP contribution in [0.5, 0.6) is 0 Å². The molecule has 328 valence electrons. The Balaban J connectivity index is 0.938. The van der Waals surface area contributed by atoms with Gasteiger partial charge in [-0.1, -0.05) is 188 Å². The summed E-state index contributed by atoms with van der Waals surface area (Å²) in [6, 6.07) is 94.6. The lowest BCUT2D eigenvalue weighted by Crippen LogP contribution is -2.28. The number of benzene rings is 11. The second-order valence-electron chi connectivity index (χ2n) is 18.4. The summed E-state index contributed by atoms with van der Waals surface area (Å²) in [6.45, 7) is 0. The van der Waals surface area contributed by atoms with Gasteiger partial charge >= 0.3 is 0 Å². The molecule has 0 fully saturated rings. The van der Waals surface area contributed by atoms with E-state index in [9.17, 15) is 0 Å². The van der Waals surface area contributed by atoms with Crippen LogP contribution in [0.2, 0.25) is 0 Å². The van der Waals surface area contributed by atoms with Gasteiger partial charge in [-0.2, -0.15) is 0 Å². The van der Waals surface area contributed by atoms with E-state index in [1.165, 1.54) is 33.4 Å². The van der Waals surface area contributed by atoms with Crippen LogP contribution in [0.4, 0.5) is 17.1 Å². The minimum atomic E-state index is -0.537. The van der Waals surface area contributed by atoms with E-state index >= 15 is 0 Å². The third kappa shape index (κ3) is 6.22. The van der Waals surface area contributed by atoms with Crippen LogP contribution in [-0.2, 0) is 5.41 Å². The summed E-state index contributed by atoms with van der Waals surface area (Å²) in [5.74, 6) is 0. The van der Waals surface area contributed by atoms with Gasteiger partial charge in [-0.25, -0.2) is 0 Å². The third-order valence-electron chi connectivity index (χ3n) is 14.5.